The lowest BCUT2D eigenvalue weighted by molar-refractivity contribution is 0.0692. The molecule has 6 rings (SSSR count). The maximum Gasteiger partial charge on any atom is 0.407 e. The second-order valence-corrected chi connectivity index (χ2v) is 11.7. The van der Waals surface area contributed by atoms with Crippen molar-refractivity contribution in [3.8, 4) is 16.8 Å². The van der Waals surface area contributed by atoms with E-state index in [1.54, 1.807) is 60.5 Å². The quantitative estimate of drug-likeness (QED) is 0.176. The number of amides is 2. The third-order valence-electron chi connectivity index (χ3n) is 7.88. The topological polar surface area (TPSA) is 130 Å². The number of carbonyl (C=O) groups excluding carboxylic acids is 2. The van der Waals surface area contributed by atoms with E-state index in [4.69, 9.17) is 21.7 Å². The number of benzene rings is 2. The van der Waals surface area contributed by atoms with Crippen molar-refractivity contribution in [3.05, 3.63) is 89.5 Å². The molecular weight excluding hydrogens is 568 g/mol. The number of halogens is 1. The Kier molecular flexibility index (Phi) is 7.66. The normalized spacial score (nSPS) is 15.8. The number of hydrogen-bond donors (Lipinski definition) is 3. The zero-order valence-electron chi connectivity index (χ0n) is 24.0. The van der Waals surface area contributed by atoms with Gasteiger partial charge in [0.15, 0.2) is 5.96 Å². The van der Waals surface area contributed by atoms with Gasteiger partial charge in [0.05, 0.1) is 29.0 Å². The van der Waals surface area contributed by atoms with Crippen molar-refractivity contribution in [2.24, 2.45) is 0 Å². The summed E-state index contributed by atoms with van der Waals surface area (Å²) in [5.74, 6) is -0.586. The minimum atomic E-state index is -0.853. The molecule has 1 atom stereocenters. The minimum absolute atomic E-state index is 0.154. The Morgan fingerprint density at radius 2 is 1.93 bits per heavy atom. The first-order valence-corrected chi connectivity index (χ1v) is 14.6. The maximum atomic E-state index is 14.1. The fourth-order valence-corrected chi connectivity index (χ4v) is 5.09. The number of rotatable bonds is 9. The van der Waals surface area contributed by atoms with Gasteiger partial charge in [-0.3, -0.25) is 19.8 Å². The average Bonchev–Trinajstić information content (AvgIpc) is 3.85. The number of nitrogens with one attached hydrogen (secondary N) is 3. The van der Waals surface area contributed by atoms with E-state index in [1.807, 2.05) is 36.1 Å². The Morgan fingerprint density at radius 1 is 1.16 bits per heavy atom. The van der Waals surface area contributed by atoms with E-state index >= 15 is 0 Å². The Hall–Kier alpha value is -4.64. The summed E-state index contributed by atoms with van der Waals surface area (Å²) in [5.41, 5.74) is 3.20. The van der Waals surface area contributed by atoms with Crippen LogP contribution >= 0.6 is 11.6 Å². The molecule has 12 heteroatoms. The van der Waals surface area contributed by atoms with E-state index in [-0.39, 0.29) is 18.1 Å². The largest absolute Gasteiger partial charge is 0.447 e. The second kappa shape index (κ2) is 11.6. The molecule has 0 radical (unpaired) electrons. The van der Waals surface area contributed by atoms with Gasteiger partial charge in [-0.2, -0.15) is 10.2 Å². The molecule has 2 heterocycles. The van der Waals surface area contributed by atoms with E-state index in [0.717, 1.165) is 36.8 Å². The molecule has 2 aliphatic rings. The van der Waals surface area contributed by atoms with Crippen LogP contribution < -0.4 is 10.6 Å². The van der Waals surface area contributed by atoms with E-state index in [9.17, 15) is 9.59 Å². The Balaban J connectivity index is 1.32. The van der Waals surface area contributed by atoms with Crippen molar-refractivity contribution in [1.82, 2.24) is 35.1 Å². The maximum absolute atomic E-state index is 14.1. The number of nitrogens with zero attached hydrogens (tertiary/aromatic N) is 5. The predicted molar refractivity (Wildman–Crippen MR) is 162 cm³/mol. The molecule has 2 aromatic carbocycles. The smallest absolute Gasteiger partial charge is 0.407 e. The molecule has 11 nitrogen and oxygen atoms in total. The first-order valence-electron chi connectivity index (χ1n) is 14.2. The van der Waals surface area contributed by atoms with Gasteiger partial charge in [0.2, 0.25) is 0 Å². The van der Waals surface area contributed by atoms with Crippen molar-refractivity contribution < 1.29 is 14.3 Å². The number of guanidine groups is 1. The third-order valence-corrected chi connectivity index (χ3v) is 8.20. The molecule has 2 aliphatic carbocycles. The van der Waals surface area contributed by atoms with Gasteiger partial charge >= 0.3 is 6.09 Å². The Morgan fingerprint density at radius 3 is 2.58 bits per heavy atom. The van der Waals surface area contributed by atoms with Crippen molar-refractivity contribution in [2.75, 3.05) is 13.7 Å². The lowest BCUT2D eigenvalue weighted by Crippen LogP contribution is -2.47. The molecule has 4 aromatic rings. The molecule has 3 N–H and O–H groups in total. The minimum Gasteiger partial charge on any atom is -0.447 e. The molecule has 2 aromatic heterocycles. The van der Waals surface area contributed by atoms with E-state index < -0.39 is 18.0 Å². The number of hydrogen-bond acceptors (Lipinski definition) is 6. The number of carbonyl (C=O) groups is 2. The summed E-state index contributed by atoms with van der Waals surface area (Å²) in [6.45, 7) is 1.75. The summed E-state index contributed by atoms with van der Waals surface area (Å²) in [4.78, 5) is 28.1. The van der Waals surface area contributed by atoms with E-state index in [0.29, 0.717) is 27.9 Å². The van der Waals surface area contributed by atoms with E-state index in [2.05, 4.69) is 20.8 Å². The highest BCUT2D eigenvalue weighted by molar-refractivity contribution is 6.32. The summed E-state index contributed by atoms with van der Waals surface area (Å²) < 4.78 is 9.27. The molecule has 0 spiro atoms. The molecule has 2 fully saturated rings. The van der Waals surface area contributed by atoms with Crippen LogP contribution in [-0.4, -0.2) is 61.6 Å². The van der Waals surface area contributed by atoms with Crippen LogP contribution in [0, 0.1) is 5.41 Å². The molecule has 2 saturated carbocycles. The van der Waals surface area contributed by atoms with Crippen LogP contribution in [0.25, 0.3) is 16.8 Å². The van der Waals surface area contributed by atoms with Gasteiger partial charge in [-0.1, -0.05) is 29.8 Å². The molecule has 222 valence electrons. The summed E-state index contributed by atoms with van der Waals surface area (Å²) in [5, 5.41) is 23.6. The summed E-state index contributed by atoms with van der Waals surface area (Å²) in [7, 11) is 1.57. The van der Waals surface area contributed by atoms with Crippen molar-refractivity contribution in [2.45, 2.75) is 50.2 Å². The lowest BCUT2D eigenvalue weighted by Gasteiger charge is -2.32. The fraction of sp³-hybridized carbons (Fsp3) is 0.323. The molecule has 0 saturated heterocycles. The van der Waals surface area contributed by atoms with Crippen molar-refractivity contribution >= 4 is 29.6 Å². The first kappa shape index (κ1) is 28.5. The van der Waals surface area contributed by atoms with Crippen LogP contribution in [0.15, 0.2) is 73.3 Å². The van der Waals surface area contributed by atoms with Crippen LogP contribution in [0.2, 0.25) is 5.02 Å². The summed E-state index contributed by atoms with van der Waals surface area (Å²) >= 11 is 6.52. The van der Waals surface area contributed by atoms with Gasteiger partial charge in [-0.15, -0.1) is 0 Å². The van der Waals surface area contributed by atoms with Crippen molar-refractivity contribution in [1.29, 1.82) is 5.41 Å². The van der Waals surface area contributed by atoms with Gasteiger partial charge < -0.3 is 15.4 Å². The third kappa shape index (κ3) is 6.26. The van der Waals surface area contributed by atoms with Gasteiger partial charge in [0.1, 0.15) is 6.61 Å². The van der Waals surface area contributed by atoms with Gasteiger partial charge in [-0.25, -0.2) is 9.48 Å². The Labute approximate surface area is 254 Å². The molecule has 2 amide bonds. The van der Waals surface area contributed by atoms with Crippen LogP contribution in [0.3, 0.4) is 0 Å². The van der Waals surface area contributed by atoms with Crippen LogP contribution in [-0.2, 0) is 4.74 Å². The highest BCUT2D eigenvalue weighted by Crippen LogP contribution is 2.36. The van der Waals surface area contributed by atoms with Crippen LogP contribution in [0.1, 0.15) is 60.6 Å². The molecule has 0 unspecified atom stereocenters. The lowest BCUT2D eigenvalue weighted by atomic mass is 10.0. The standard InChI is InChI=1S/C31H33ClN8O3/c1-31(12-13-31)37-30(42)43-19-27(22-8-11-25(32)26(16-22)38-15-3-14-35-38)40(29(33)34-2)28(41)21-6-4-20(5-7-21)23-17-36-39(18-23)24-9-10-24/h3-8,11,14-18,24,27H,9-10,12-13,19H2,1-2H3,(H2,33,34)(H,37,42)/t27-/m1/s1. The number of aromatic nitrogens is 4. The highest BCUT2D eigenvalue weighted by atomic mass is 35.5. The van der Waals surface area contributed by atoms with Gasteiger partial charge in [-0.05, 0) is 74.1 Å². The summed E-state index contributed by atoms with van der Waals surface area (Å²) in [6.07, 6.45) is 10.7. The molecular formula is C31H33ClN8O3. The monoisotopic (exact) mass is 600 g/mol. The Bertz CT molecular complexity index is 1640. The molecule has 0 bridgehead atoms. The molecule has 0 aliphatic heterocycles. The fourth-order valence-electron chi connectivity index (χ4n) is 4.88. The van der Waals surface area contributed by atoms with E-state index in [1.165, 1.54) is 4.90 Å². The average molecular weight is 601 g/mol. The number of alkyl carbamates (subject to hydrolysis) is 1. The predicted octanol–water partition coefficient (Wildman–Crippen LogP) is 5.34. The van der Waals surface area contributed by atoms with Gasteiger partial charge in [0, 0.05) is 42.3 Å². The van der Waals surface area contributed by atoms with Crippen LogP contribution in [0.5, 0.6) is 0 Å². The summed E-state index contributed by atoms with van der Waals surface area (Å²) in [6, 6.07) is 13.9. The van der Waals surface area contributed by atoms with Gasteiger partial charge in [0.25, 0.3) is 5.91 Å². The van der Waals surface area contributed by atoms with Crippen LogP contribution in [0.4, 0.5) is 4.79 Å². The second-order valence-electron chi connectivity index (χ2n) is 11.3. The molecule has 43 heavy (non-hydrogen) atoms. The zero-order chi connectivity index (χ0) is 30.1. The van der Waals surface area contributed by atoms with Crippen molar-refractivity contribution in [3.63, 3.8) is 0 Å². The number of ether oxygens (including phenoxy) is 1. The SMILES string of the molecule is CNC(=N)N(C(=O)c1ccc(-c2cnn(C3CC3)c2)cc1)[C@H](COC(=O)NC1(C)CC1)c1ccc(Cl)c(-n2cccn2)c1. The highest BCUT2D eigenvalue weighted by Gasteiger charge is 2.40. The zero-order valence-corrected chi connectivity index (χ0v) is 24.7. The first-order chi connectivity index (χ1) is 20.7.